The fourth-order valence-corrected chi connectivity index (χ4v) is 3.65. The average Bonchev–Trinajstić information content (AvgIpc) is 2.53. The molecule has 1 aliphatic rings. The van der Waals surface area contributed by atoms with Crippen molar-refractivity contribution >= 4 is 9.84 Å². The van der Waals surface area contributed by atoms with Crippen molar-refractivity contribution in [2.45, 2.75) is 25.8 Å². The molecule has 0 aromatic rings. The molecule has 2 N–H and O–H groups in total. The lowest BCUT2D eigenvalue weighted by molar-refractivity contribution is 0.417. The Kier molecular flexibility index (Phi) is 5.02. The van der Waals surface area contributed by atoms with Crippen molar-refractivity contribution in [1.82, 2.24) is 10.6 Å². The molecule has 1 aliphatic heterocycles. The molecule has 0 bridgehead atoms. The fraction of sp³-hybridized carbons (Fsp3) is 1.00. The summed E-state index contributed by atoms with van der Waals surface area (Å²) in [5.74, 6) is 1.27. The Balaban J connectivity index is 2.25. The van der Waals surface area contributed by atoms with Gasteiger partial charge in [0.1, 0.15) is 0 Å². The molecule has 0 aliphatic carbocycles. The smallest absolute Gasteiger partial charge is 0.151 e. The highest BCUT2D eigenvalue weighted by Gasteiger charge is 2.27. The summed E-state index contributed by atoms with van der Waals surface area (Å²) >= 11 is 0. The molecule has 0 spiro atoms. The minimum absolute atomic E-state index is 0.181. The van der Waals surface area contributed by atoms with E-state index in [0.717, 1.165) is 25.9 Å². The number of sulfone groups is 1. The van der Waals surface area contributed by atoms with Gasteiger partial charge in [0.15, 0.2) is 9.84 Å². The molecule has 5 heteroatoms. The van der Waals surface area contributed by atoms with Crippen LogP contribution in [0.15, 0.2) is 0 Å². The maximum Gasteiger partial charge on any atom is 0.151 e. The Morgan fingerprint density at radius 1 is 1.40 bits per heavy atom. The van der Waals surface area contributed by atoms with Gasteiger partial charge in [-0.3, -0.25) is 0 Å². The first kappa shape index (κ1) is 12.9. The summed E-state index contributed by atoms with van der Waals surface area (Å²) in [5, 5.41) is 6.51. The minimum Gasteiger partial charge on any atom is -0.319 e. The van der Waals surface area contributed by atoms with Gasteiger partial charge in [-0.1, -0.05) is 13.3 Å². The third-order valence-corrected chi connectivity index (χ3v) is 4.77. The zero-order valence-electron chi connectivity index (χ0n) is 9.62. The number of hydrogen-bond donors (Lipinski definition) is 2. The van der Waals surface area contributed by atoms with Gasteiger partial charge in [0, 0.05) is 6.04 Å². The van der Waals surface area contributed by atoms with Crippen LogP contribution in [0.4, 0.5) is 0 Å². The summed E-state index contributed by atoms with van der Waals surface area (Å²) in [5.41, 5.74) is 0. The Bertz CT molecular complexity index is 277. The quantitative estimate of drug-likeness (QED) is 0.680. The predicted molar refractivity (Wildman–Crippen MR) is 62.8 cm³/mol. The van der Waals surface area contributed by atoms with Gasteiger partial charge in [0.25, 0.3) is 0 Å². The molecular formula is C10H22N2O2S. The van der Waals surface area contributed by atoms with Crippen molar-refractivity contribution in [2.75, 3.05) is 31.6 Å². The fourth-order valence-electron chi connectivity index (χ4n) is 1.94. The zero-order chi connectivity index (χ0) is 11.3. The van der Waals surface area contributed by atoms with E-state index in [4.69, 9.17) is 0 Å². The standard InChI is InChI=1S/C10H22N2O2S/c1-3-9(6-11-2)7-12-10-4-5-15(13,14)8-10/h9-12H,3-8H2,1-2H3. The average molecular weight is 234 g/mol. The third-order valence-electron chi connectivity index (χ3n) is 3.00. The van der Waals surface area contributed by atoms with Gasteiger partial charge in [0.2, 0.25) is 0 Å². The van der Waals surface area contributed by atoms with Gasteiger partial charge in [-0.25, -0.2) is 8.42 Å². The molecule has 1 saturated heterocycles. The SMILES string of the molecule is CCC(CNC)CNC1CCS(=O)(=O)C1. The highest BCUT2D eigenvalue weighted by atomic mass is 32.2. The molecule has 90 valence electrons. The van der Waals surface area contributed by atoms with E-state index in [2.05, 4.69) is 17.6 Å². The minimum atomic E-state index is -2.74. The van der Waals surface area contributed by atoms with Crippen LogP contribution in [0.5, 0.6) is 0 Å². The molecule has 0 aromatic carbocycles. The molecule has 0 aromatic heterocycles. The first-order chi connectivity index (χ1) is 7.07. The second-order valence-corrected chi connectivity index (χ2v) is 6.57. The van der Waals surface area contributed by atoms with E-state index in [1.54, 1.807) is 0 Å². The van der Waals surface area contributed by atoms with E-state index in [1.807, 2.05) is 7.05 Å². The van der Waals surface area contributed by atoms with Gasteiger partial charge >= 0.3 is 0 Å². The Morgan fingerprint density at radius 3 is 2.60 bits per heavy atom. The van der Waals surface area contributed by atoms with Crippen LogP contribution in [0.25, 0.3) is 0 Å². The molecule has 2 unspecified atom stereocenters. The van der Waals surface area contributed by atoms with Crippen LogP contribution < -0.4 is 10.6 Å². The molecular weight excluding hydrogens is 212 g/mol. The first-order valence-electron chi connectivity index (χ1n) is 5.65. The van der Waals surface area contributed by atoms with E-state index in [0.29, 0.717) is 17.4 Å². The van der Waals surface area contributed by atoms with Gasteiger partial charge in [-0.2, -0.15) is 0 Å². The van der Waals surface area contributed by atoms with E-state index >= 15 is 0 Å². The number of nitrogens with one attached hydrogen (secondary N) is 2. The van der Waals surface area contributed by atoms with Crippen LogP contribution in [-0.2, 0) is 9.84 Å². The topological polar surface area (TPSA) is 58.2 Å². The maximum atomic E-state index is 11.2. The molecule has 15 heavy (non-hydrogen) atoms. The molecule has 2 atom stereocenters. The van der Waals surface area contributed by atoms with Crippen LogP contribution in [0.2, 0.25) is 0 Å². The van der Waals surface area contributed by atoms with E-state index in [-0.39, 0.29) is 6.04 Å². The van der Waals surface area contributed by atoms with Gasteiger partial charge in [-0.15, -0.1) is 0 Å². The molecule has 1 rings (SSSR count). The predicted octanol–water partition coefficient (Wildman–Crippen LogP) is 0.00870. The molecule has 0 radical (unpaired) electrons. The lowest BCUT2D eigenvalue weighted by Gasteiger charge is -2.18. The van der Waals surface area contributed by atoms with Crippen molar-refractivity contribution in [3.05, 3.63) is 0 Å². The maximum absolute atomic E-state index is 11.2. The Hall–Kier alpha value is -0.130. The first-order valence-corrected chi connectivity index (χ1v) is 7.48. The summed E-state index contributed by atoms with van der Waals surface area (Å²) in [6, 6.07) is 0.181. The van der Waals surface area contributed by atoms with E-state index < -0.39 is 9.84 Å². The lowest BCUT2D eigenvalue weighted by atomic mass is 10.1. The molecule has 0 amide bonds. The zero-order valence-corrected chi connectivity index (χ0v) is 10.4. The van der Waals surface area contributed by atoms with E-state index in [1.165, 1.54) is 0 Å². The molecule has 1 fully saturated rings. The van der Waals surface area contributed by atoms with Gasteiger partial charge < -0.3 is 10.6 Å². The van der Waals surface area contributed by atoms with Crippen LogP contribution >= 0.6 is 0 Å². The summed E-state index contributed by atoms with van der Waals surface area (Å²) in [4.78, 5) is 0. The second kappa shape index (κ2) is 5.82. The van der Waals surface area contributed by atoms with Crippen LogP contribution in [0.3, 0.4) is 0 Å². The highest BCUT2D eigenvalue weighted by molar-refractivity contribution is 7.91. The summed E-state index contributed by atoms with van der Waals surface area (Å²) in [6.45, 7) is 4.07. The molecule has 0 saturated carbocycles. The Labute approximate surface area is 92.7 Å². The monoisotopic (exact) mass is 234 g/mol. The van der Waals surface area contributed by atoms with Crippen molar-refractivity contribution in [1.29, 1.82) is 0 Å². The third kappa shape index (κ3) is 4.49. The number of hydrogen-bond acceptors (Lipinski definition) is 4. The van der Waals surface area contributed by atoms with Crippen LogP contribution in [-0.4, -0.2) is 46.1 Å². The molecule has 4 nitrogen and oxygen atoms in total. The lowest BCUT2D eigenvalue weighted by Crippen LogP contribution is -2.36. The van der Waals surface area contributed by atoms with Crippen LogP contribution in [0.1, 0.15) is 19.8 Å². The normalized spacial score (nSPS) is 26.7. The Morgan fingerprint density at radius 2 is 2.13 bits per heavy atom. The largest absolute Gasteiger partial charge is 0.319 e. The summed E-state index contributed by atoms with van der Waals surface area (Å²) in [7, 11) is -0.793. The van der Waals surface area contributed by atoms with Gasteiger partial charge in [-0.05, 0) is 32.5 Å². The number of rotatable bonds is 6. The summed E-state index contributed by atoms with van der Waals surface area (Å²) < 4.78 is 22.5. The van der Waals surface area contributed by atoms with Crippen molar-refractivity contribution in [3.63, 3.8) is 0 Å². The molecule has 1 heterocycles. The van der Waals surface area contributed by atoms with Crippen LogP contribution in [0, 0.1) is 5.92 Å². The summed E-state index contributed by atoms with van der Waals surface area (Å²) in [6.07, 6.45) is 1.89. The van der Waals surface area contributed by atoms with Gasteiger partial charge in [0.05, 0.1) is 11.5 Å². The van der Waals surface area contributed by atoms with Crippen molar-refractivity contribution in [2.24, 2.45) is 5.92 Å². The van der Waals surface area contributed by atoms with Crippen molar-refractivity contribution in [3.8, 4) is 0 Å². The highest BCUT2D eigenvalue weighted by Crippen LogP contribution is 2.11. The second-order valence-electron chi connectivity index (χ2n) is 4.34. The van der Waals surface area contributed by atoms with E-state index in [9.17, 15) is 8.42 Å². The van der Waals surface area contributed by atoms with Crippen molar-refractivity contribution < 1.29 is 8.42 Å².